The summed E-state index contributed by atoms with van der Waals surface area (Å²) >= 11 is 4.99. The summed E-state index contributed by atoms with van der Waals surface area (Å²) in [5, 5.41) is 0. The normalized spacial score (nSPS) is 12.2. The van der Waals surface area contributed by atoms with Crippen LogP contribution in [0.3, 0.4) is 0 Å². The second-order valence-corrected chi connectivity index (χ2v) is 4.45. The molecule has 1 unspecified atom stereocenters. The molecular weight excluding hydrogens is 218 g/mol. The van der Waals surface area contributed by atoms with Crippen molar-refractivity contribution in [3.05, 3.63) is 23.9 Å². The van der Waals surface area contributed by atoms with Gasteiger partial charge in [-0.1, -0.05) is 25.2 Å². The average molecular weight is 237 g/mol. The van der Waals surface area contributed by atoms with Crippen LogP contribution in [-0.4, -0.2) is 23.1 Å². The molecule has 0 saturated heterocycles. The van der Waals surface area contributed by atoms with E-state index in [9.17, 15) is 0 Å². The van der Waals surface area contributed by atoms with Crippen molar-refractivity contribution in [2.75, 3.05) is 18.0 Å². The number of anilines is 1. The largest absolute Gasteiger partial charge is 0.393 e. The third-order valence-electron chi connectivity index (χ3n) is 2.56. The Morgan fingerprint density at radius 2 is 2.25 bits per heavy atom. The molecule has 0 bridgehead atoms. The Morgan fingerprint density at radius 3 is 2.75 bits per heavy atom. The predicted octanol–water partition coefficient (Wildman–Crippen LogP) is 2.14. The predicted molar refractivity (Wildman–Crippen MR) is 72.8 cm³/mol. The molecule has 4 heteroatoms. The van der Waals surface area contributed by atoms with Crippen molar-refractivity contribution in [2.24, 2.45) is 11.7 Å². The lowest BCUT2D eigenvalue weighted by Gasteiger charge is -2.25. The molecule has 1 atom stereocenters. The number of hydrogen-bond donors (Lipinski definition) is 1. The highest BCUT2D eigenvalue weighted by atomic mass is 32.1. The van der Waals surface area contributed by atoms with Crippen molar-refractivity contribution in [1.29, 1.82) is 0 Å². The van der Waals surface area contributed by atoms with E-state index in [1.54, 1.807) is 0 Å². The lowest BCUT2D eigenvalue weighted by molar-refractivity contribution is 0.699. The highest BCUT2D eigenvalue weighted by molar-refractivity contribution is 7.80. The van der Waals surface area contributed by atoms with Gasteiger partial charge in [0.15, 0.2) is 0 Å². The van der Waals surface area contributed by atoms with Crippen LogP contribution in [0.5, 0.6) is 0 Å². The fraction of sp³-hybridized carbons (Fsp3) is 0.500. The van der Waals surface area contributed by atoms with Crippen LogP contribution in [0.2, 0.25) is 0 Å². The van der Waals surface area contributed by atoms with E-state index in [1.807, 2.05) is 32.0 Å². The highest BCUT2D eigenvalue weighted by Gasteiger charge is 2.12. The molecule has 0 aromatic carbocycles. The van der Waals surface area contributed by atoms with E-state index in [2.05, 4.69) is 16.8 Å². The summed E-state index contributed by atoms with van der Waals surface area (Å²) in [6, 6.07) is 6.03. The molecule has 2 N–H and O–H groups in total. The van der Waals surface area contributed by atoms with Crippen LogP contribution >= 0.6 is 12.2 Å². The molecular formula is C12H19N3S. The Morgan fingerprint density at radius 1 is 1.56 bits per heavy atom. The maximum absolute atomic E-state index is 5.63. The topological polar surface area (TPSA) is 42.1 Å². The number of nitrogens with zero attached hydrogens (tertiary/aromatic N) is 2. The van der Waals surface area contributed by atoms with Crippen molar-refractivity contribution in [3.63, 3.8) is 0 Å². The molecule has 3 nitrogen and oxygen atoms in total. The molecule has 0 saturated carbocycles. The summed E-state index contributed by atoms with van der Waals surface area (Å²) in [7, 11) is 0. The molecule has 0 amide bonds. The first-order valence-corrected chi connectivity index (χ1v) is 5.93. The van der Waals surface area contributed by atoms with Gasteiger partial charge in [0, 0.05) is 24.7 Å². The number of aromatic nitrogens is 1. The maximum atomic E-state index is 5.63. The van der Waals surface area contributed by atoms with Crippen LogP contribution in [0.4, 0.5) is 5.82 Å². The number of nitrogens with two attached hydrogens (primary N) is 1. The lowest BCUT2D eigenvalue weighted by atomic mass is 10.1. The van der Waals surface area contributed by atoms with Gasteiger partial charge in [-0.2, -0.15) is 0 Å². The Bertz CT molecular complexity index is 365. The molecule has 88 valence electrons. The zero-order valence-electron chi connectivity index (χ0n) is 10.1. The summed E-state index contributed by atoms with van der Waals surface area (Å²) in [6.45, 7) is 7.87. The zero-order valence-corrected chi connectivity index (χ0v) is 10.9. The fourth-order valence-electron chi connectivity index (χ4n) is 1.51. The van der Waals surface area contributed by atoms with E-state index in [1.165, 1.54) is 0 Å². The van der Waals surface area contributed by atoms with Crippen molar-refractivity contribution < 1.29 is 0 Å². The molecule has 0 radical (unpaired) electrons. The van der Waals surface area contributed by atoms with Crippen LogP contribution in [-0.2, 0) is 0 Å². The van der Waals surface area contributed by atoms with E-state index < -0.39 is 0 Å². The van der Waals surface area contributed by atoms with E-state index in [0.717, 1.165) is 24.6 Å². The molecule has 0 aliphatic carbocycles. The summed E-state index contributed by atoms with van der Waals surface area (Å²) in [5.74, 6) is 1.20. The minimum absolute atomic E-state index is 0.206. The number of thiocarbonyl (C=S) groups is 1. The standard InChI is InChI=1S/C12H19N3S/c1-4-15(8-9(2)12(13)16)11-7-5-6-10(3)14-11/h5-7,9H,4,8H2,1-3H3,(H2,13,16). The Kier molecular flexibility index (Phi) is 4.68. The Hall–Kier alpha value is -1.16. The molecule has 16 heavy (non-hydrogen) atoms. The maximum Gasteiger partial charge on any atom is 0.128 e. The smallest absolute Gasteiger partial charge is 0.128 e. The van der Waals surface area contributed by atoms with Gasteiger partial charge in [0.1, 0.15) is 5.82 Å². The molecule has 1 aromatic heterocycles. The van der Waals surface area contributed by atoms with Gasteiger partial charge in [0.25, 0.3) is 0 Å². The molecule has 1 rings (SSSR count). The highest BCUT2D eigenvalue weighted by Crippen LogP contribution is 2.13. The Balaban J connectivity index is 2.78. The number of pyridine rings is 1. The third-order valence-corrected chi connectivity index (χ3v) is 2.96. The van der Waals surface area contributed by atoms with Gasteiger partial charge in [0.2, 0.25) is 0 Å². The van der Waals surface area contributed by atoms with Gasteiger partial charge in [-0.25, -0.2) is 4.98 Å². The van der Waals surface area contributed by atoms with Crippen LogP contribution in [0, 0.1) is 12.8 Å². The minimum Gasteiger partial charge on any atom is -0.393 e. The molecule has 1 heterocycles. The molecule has 0 spiro atoms. The first-order valence-electron chi connectivity index (χ1n) is 5.52. The van der Waals surface area contributed by atoms with Crippen LogP contribution in [0.15, 0.2) is 18.2 Å². The van der Waals surface area contributed by atoms with Crippen LogP contribution in [0.25, 0.3) is 0 Å². The second kappa shape index (κ2) is 5.80. The van der Waals surface area contributed by atoms with Gasteiger partial charge in [-0.3, -0.25) is 0 Å². The van der Waals surface area contributed by atoms with E-state index in [-0.39, 0.29) is 5.92 Å². The molecule has 1 aromatic rings. The van der Waals surface area contributed by atoms with E-state index in [0.29, 0.717) is 4.99 Å². The van der Waals surface area contributed by atoms with Crippen molar-refractivity contribution in [2.45, 2.75) is 20.8 Å². The quantitative estimate of drug-likeness (QED) is 0.797. The summed E-state index contributed by atoms with van der Waals surface area (Å²) in [4.78, 5) is 7.25. The van der Waals surface area contributed by atoms with Gasteiger partial charge < -0.3 is 10.6 Å². The van der Waals surface area contributed by atoms with Crippen molar-refractivity contribution >= 4 is 23.0 Å². The monoisotopic (exact) mass is 237 g/mol. The van der Waals surface area contributed by atoms with Crippen molar-refractivity contribution in [1.82, 2.24) is 4.98 Å². The fourth-order valence-corrected chi connectivity index (χ4v) is 1.58. The van der Waals surface area contributed by atoms with Gasteiger partial charge in [0.05, 0.1) is 4.99 Å². The third kappa shape index (κ3) is 3.45. The van der Waals surface area contributed by atoms with Crippen LogP contribution in [0.1, 0.15) is 19.5 Å². The number of rotatable bonds is 5. The van der Waals surface area contributed by atoms with Gasteiger partial charge in [-0.15, -0.1) is 0 Å². The van der Waals surface area contributed by atoms with Gasteiger partial charge in [-0.05, 0) is 26.0 Å². The SMILES string of the molecule is CCN(CC(C)C(N)=S)c1cccc(C)n1. The van der Waals surface area contributed by atoms with E-state index >= 15 is 0 Å². The first-order chi connectivity index (χ1) is 7.54. The van der Waals surface area contributed by atoms with Gasteiger partial charge >= 0.3 is 0 Å². The first kappa shape index (κ1) is 12.9. The van der Waals surface area contributed by atoms with Crippen molar-refractivity contribution in [3.8, 4) is 0 Å². The molecule has 0 aliphatic rings. The summed E-state index contributed by atoms with van der Waals surface area (Å²) in [5.41, 5.74) is 6.66. The number of hydrogen-bond acceptors (Lipinski definition) is 3. The molecule has 0 aliphatic heterocycles. The van der Waals surface area contributed by atoms with Crippen LogP contribution < -0.4 is 10.6 Å². The summed E-state index contributed by atoms with van der Waals surface area (Å²) < 4.78 is 0. The summed E-state index contributed by atoms with van der Waals surface area (Å²) in [6.07, 6.45) is 0. The average Bonchev–Trinajstić information content (AvgIpc) is 2.25. The van der Waals surface area contributed by atoms with E-state index in [4.69, 9.17) is 18.0 Å². The Labute approximate surface area is 103 Å². The minimum atomic E-state index is 0.206. The lowest BCUT2D eigenvalue weighted by Crippen LogP contribution is -2.34. The zero-order chi connectivity index (χ0) is 12.1. The molecule has 0 fully saturated rings. The number of aryl methyl sites for hydroxylation is 1. The second-order valence-electron chi connectivity index (χ2n) is 3.98.